The first-order valence-electron chi connectivity index (χ1n) is 8.93. The maximum absolute atomic E-state index is 5.30. The minimum absolute atomic E-state index is 0. The summed E-state index contributed by atoms with van der Waals surface area (Å²) in [5, 5.41) is 14.1. The van der Waals surface area contributed by atoms with E-state index in [1.165, 1.54) is 4.90 Å². The van der Waals surface area contributed by atoms with Crippen LogP contribution in [0.3, 0.4) is 0 Å². The molecule has 0 bridgehead atoms. The highest BCUT2D eigenvalue weighted by molar-refractivity contribution is 14.0. The summed E-state index contributed by atoms with van der Waals surface area (Å²) in [6, 6.07) is 14.0. The number of thioether (sulfide) groups is 1. The summed E-state index contributed by atoms with van der Waals surface area (Å²) in [6.45, 7) is 6.24. The number of guanidine groups is 1. The van der Waals surface area contributed by atoms with Crippen LogP contribution in [-0.2, 0) is 6.54 Å². The van der Waals surface area contributed by atoms with Gasteiger partial charge in [0, 0.05) is 23.2 Å². The highest BCUT2D eigenvalue weighted by Crippen LogP contribution is 2.21. The second-order valence-electron chi connectivity index (χ2n) is 5.90. The van der Waals surface area contributed by atoms with Gasteiger partial charge in [0.15, 0.2) is 11.7 Å². The summed E-state index contributed by atoms with van der Waals surface area (Å²) in [5.41, 5.74) is 0. The van der Waals surface area contributed by atoms with Crippen molar-refractivity contribution < 1.29 is 4.42 Å². The van der Waals surface area contributed by atoms with E-state index in [1.807, 2.05) is 36.9 Å². The monoisotopic (exact) mass is 512 g/mol. The van der Waals surface area contributed by atoms with Gasteiger partial charge in [-0.1, -0.05) is 25.1 Å². The molecular formula is C19H25IN6OS. The molecule has 0 saturated carbocycles. The maximum Gasteiger partial charge on any atom is 0.216 e. The smallest absolute Gasteiger partial charge is 0.216 e. The number of nitrogens with zero attached hydrogens (tertiary/aromatic N) is 3. The van der Waals surface area contributed by atoms with Gasteiger partial charge >= 0.3 is 0 Å². The van der Waals surface area contributed by atoms with Crippen LogP contribution in [0.15, 0.2) is 63.0 Å². The van der Waals surface area contributed by atoms with Crippen molar-refractivity contribution in [2.75, 3.05) is 13.1 Å². The second-order valence-corrected chi connectivity index (χ2v) is 7.41. The van der Waals surface area contributed by atoms with E-state index in [0.717, 1.165) is 19.0 Å². The van der Waals surface area contributed by atoms with Crippen molar-refractivity contribution in [3.05, 3.63) is 54.6 Å². The molecule has 1 atom stereocenters. The molecule has 7 nitrogen and oxygen atoms in total. The van der Waals surface area contributed by atoms with Crippen molar-refractivity contribution in [1.82, 2.24) is 25.8 Å². The first-order valence-corrected chi connectivity index (χ1v) is 9.81. The summed E-state index contributed by atoms with van der Waals surface area (Å²) in [6.07, 6.45) is 1.60. The van der Waals surface area contributed by atoms with Crippen LogP contribution in [0, 0.1) is 0 Å². The Morgan fingerprint density at radius 2 is 2.04 bits per heavy atom. The molecule has 0 fully saturated rings. The first kappa shape index (κ1) is 22.3. The molecule has 3 aromatic rings. The molecule has 0 saturated heterocycles. The van der Waals surface area contributed by atoms with E-state index in [-0.39, 0.29) is 24.0 Å². The van der Waals surface area contributed by atoms with Crippen molar-refractivity contribution in [2.45, 2.75) is 30.5 Å². The van der Waals surface area contributed by atoms with E-state index < -0.39 is 0 Å². The molecule has 2 heterocycles. The number of furan rings is 1. The summed E-state index contributed by atoms with van der Waals surface area (Å²) < 4.78 is 5.30. The SMILES string of the molecule is CCNC(=NCc1nc(-c2ccco2)n[nH]1)NCC(C)Sc1ccccc1.I. The molecule has 0 aliphatic rings. The standard InChI is InChI=1S/C19H24N6OS.HI/c1-3-20-19(21-12-14(2)27-15-8-5-4-6-9-15)22-13-17-23-18(25-24-17)16-10-7-11-26-16;/h4-11,14H,3,12-13H2,1-2H3,(H2,20,21,22)(H,23,24,25);1H. The summed E-state index contributed by atoms with van der Waals surface area (Å²) >= 11 is 1.84. The van der Waals surface area contributed by atoms with E-state index in [9.17, 15) is 0 Å². The van der Waals surface area contributed by atoms with E-state index in [0.29, 0.717) is 29.2 Å². The number of hydrogen-bond donors (Lipinski definition) is 3. The third kappa shape index (κ3) is 6.86. The van der Waals surface area contributed by atoms with Gasteiger partial charge in [-0.2, -0.15) is 0 Å². The highest BCUT2D eigenvalue weighted by atomic mass is 127. The number of nitrogens with one attached hydrogen (secondary N) is 3. The zero-order valence-electron chi connectivity index (χ0n) is 15.9. The van der Waals surface area contributed by atoms with Gasteiger partial charge in [0.05, 0.1) is 6.26 Å². The number of benzene rings is 1. The molecule has 0 aliphatic heterocycles. The molecule has 9 heteroatoms. The van der Waals surface area contributed by atoms with Gasteiger partial charge in [0.2, 0.25) is 5.82 Å². The fraction of sp³-hybridized carbons (Fsp3) is 0.316. The molecule has 3 N–H and O–H groups in total. The molecule has 0 spiro atoms. The van der Waals surface area contributed by atoms with Crippen LogP contribution in [0.2, 0.25) is 0 Å². The normalized spacial score (nSPS) is 12.3. The van der Waals surface area contributed by atoms with Crippen molar-refractivity contribution in [3.8, 4) is 11.6 Å². The Morgan fingerprint density at radius 3 is 2.75 bits per heavy atom. The maximum atomic E-state index is 5.30. The topological polar surface area (TPSA) is 91.1 Å². The quantitative estimate of drug-likeness (QED) is 0.184. The van der Waals surface area contributed by atoms with Gasteiger partial charge < -0.3 is 15.1 Å². The van der Waals surface area contributed by atoms with Crippen LogP contribution in [0.4, 0.5) is 0 Å². The van der Waals surface area contributed by atoms with Gasteiger partial charge in [-0.25, -0.2) is 9.98 Å². The molecule has 2 aromatic heterocycles. The lowest BCUT2D eigenvalue weighted by molar-refractivity contribution is 0.577. The van der Waals surface area contributed by atoms with Crippen molar-refractivity contribution in [2.24, 2.45) is 4.99 Å². The van der Waals surface area contributed by atoms with E-state index in [4.69, 9.17) is 4.42 Å². The van der Waals surface area contributed by atoms with Crippen LogP contribution in [0.5, 0.6) is 0 Å². The van der Waals surface area contributed by atoms with Gasteiger partial charge in [-0.3, -0.25) is 5.10 Å². The largest absolute Gasteiger partial charge is 0.461 e. The molecule has 0 aliphatic carbocycles. The number of halogens is 1. The Labute approximate surface area is 186 Å². The molecule has 0 amide bonds. The zero-order chi connectivity index (χ0) is 18.9. The lowest BCUT2D eigenvalue weighted by Gasteiger charge is -2.15. The van der Waals surface area contributed by atoms with Crippen LogP contribution in [-0.4, -0.2) is 39.5 Å². The molecule has 28 heavy (non-hydrogen) atoms. The molecule has 3 rings (SSSR count). The van der Waals surface area contributed by atoms with Gasteiger partial charge in [-0.05, 0) is 31.2 Å². The van der Waals surface area contributed by atoms with Crippen molar-refractivity contribution in [3.63, 3.8) is 0 Å². The van der Waals surface area contributed by atoms with E-state index in [2.05, 4.69) is 62.0 Å². The second kappa shape index (κ2) is 11.7. The predicted octanol–water partition coefficient (Wildman–Crippen LogP) is 3.92. The van der Waals surface area contributed by atoms with Crippen LogP contribution in [0.1, 0.15) is 19.7 Å². The number of aliphatic imine (C=N–C) groups is 1. The van der Waals surface area contributed by atoms with Gasteiger partial charge in [-0.15, -0.1) is 40.8 Å². The molecule has 0 radical (unpaired) electrons. The molecular weight excluding hydrogens is 487 g/mol. The lowest BCUT2D eigenvalue weighted by Crippen LogP contribution is -2.40. The Balaban J connectivity index is 0.00000280. The number of aromatic amines is 1. The summed E-state index contributed by atoms with van der Waals surface area (Å²) in [5.74, 6) is 2.62. The highest BCUT2D eigenvalue weighted by Gasteiger charge is 2.09. The molecule has 1 unspecified atom stereocenters. The Morgan fingerprint density at radius 1 is 1.21 bits per heavy atom. The Hall–Kier alpha value is -2.01. The fourth-order valence-electron chi connectivity index (χ4n) is 2.39. The first-order chi connectivity index (χ1) is 13.2. The summed E-state index contributed by atoms with van der Waals surface area (Å²) in [7, 11) is 0. The van der Waals surface area contributed by atoms with Gasteiger partial charge in [0.1, 0.15) is 12.4 Å². The minimum Gasteiger partial charge on any atom is -0.461 e. The van der Waals surface area contributed by atoms with Crippen LogP contribution < -0.4 is 10.6 Å². The Bertz CT molecular complexity index is 837. The third-order valence-electron chi connectivity index (χ3n) is 3.64. The number of rotatable bonds is 8. The van der Waals surface area contributed by atoms with E-state index in [1.54, 1.807) is 6.26 Å². The molecule has 150 valence electrons. The van der Waals surface area contributed by atoms with Crippen LogP contribution >= 0.6 is 35.7 Å². The number of aromatic nitrogens is 3. The average molecular weight is 512 g/mol. The number of H-pyrrole nitrogens is 1. The minimum atomic E-state index is 0. The summed E-state index contributed by atoms with van der Waals surface area (Å²) in [4.78, 5) is 10.3. The van der Waals surface area contributed by atoms with Crippen molar-refractivity contribution >= 4 is 41.7 Å². The third-order valence-corrected chi connectivity index (χ3v) is 4.76. The average Bonchev–Trinajstić information content (AvgIpc) is 3.36. The molecule has 1 aromatic carbocycles. The Kier molecular flexibility index (Phi) is 9.35. The zero-order valence-corrected chi connectivity index (χ0v) is 19.0. The van der Waals surface area contributed by atoms with Gasteiger partial charge in [0.25, 0.3) is 0 Å². The fourth-order valence-corrected chi connectivity index (χ4v) is 3.34. The lowest BCUT2D eigenvalue weighted by atomic mass is 10.4. The number of hydrogen-bond acceptors (Lipinski definition) is 5. The van der Waals surface area contributed by atoms with E-state index >= 15 is 0 Å². The van der Waals surface area contributed by atoms with Crippen LogP contribution in [0.25, 0.3) is 11.6 Å². The predicted molar refractivity (Wildman–Crippen MR) is 124 cm³/mol. The van der Waals surface area contributed by atoms with Crippen molar-refractivity contribution in [1.29, 1.82) is 0 Å².